The third kappa shape index (κ3) is 3.15. The molecule has 37 heavy (non-hydrogen) atoms. The Balaban J connectivity index is 1.39. The Hall–Kier alpha value is -3.62. The van der Waals surface area contributed by atoms with Crippen molar-refractivity contribution in [3.8, 4) is 11.4 Å². The zero-order valence-corrected chi connectivity index (χ0v) is 20.6. The first-order chi connectivity index (χ1) is 18.2. The van der Waals surface area contributed by atoms with E-state index in [1.165, 1.54) is 24.8 Å². The number of benzene rings is 1. The molecule has 8 nitrogen and oxygen atoms in total. The Morgan fingerprint density at radius 2 is 1.95 bits per heavy atom. The molecule has 0 amide bonds. The number of H-pyrrole nitrogens is 1. The molecule has 186 valence electrons. The van der Waals surface area contributed by atoms with Crippen molar-refractivity contribution in [1.82, 2.24) is 30.2 Å². The van der Waals surface area contributed by atoms with Crippen molar-refractivity contribution >= 4 is 38.7 Å². The van der Waals surface area contributed by atoms with Gasteiger partial charge in [0.15, 0.2) is 5.82 Å². The van der Waals surface area contributed by atoms with Crippen LogP contribution in [0.2, 0.25) is 0 Å². The van der Waals surface area contributed by atoms with Gasteiger partial charge in [-0.2, -0.15) is 0 Å². The van der Waals surface area contributed by atoms with E-state index in [0.717, 1.165) is 70.2 Å². The minimum atomic E-state index is -0.736. The molecule has 8 rings (SSSR count). The van der Waals surface area contributed by atoms with Crippen molar-refractivity contribution in [3.05, 3.63) is 54.5 Å². The van der Waals surface area contributed by atoms with Crippen molar-refractivity contribution in [1.29, 1.82) is 0 Å². The van der Waals surface area contributed by atoms with E-state index in [-0.39, 0.29) is 6.04 Å². The van der Waals surface area contributed by atoms with Crippen molar-refractivity contribution in [2.24, 2.45) is 0 Å². The second-order valence-corrected chi connectivity index (χ2v) is 10.9. The molecule has 3 aliphatic rings. The summed E-state index contributed by atoms with van der Waals surface area (Å²) in [4.78, 5) is 25.5. The van der Waals surface area contributed by atoms with E-state index >= 15 is 0 Å². The van der Waals surface area contributed by atoms with Gasteiger partial charge < -0.3 is 20.3 Å². The number of aromatic nitrogens is 5. The first-order valence-corrected chi connectivity index (χ1v) is 13.4. The van der Waals surface area contributed by atoms with Crippen molar-refractivity contribution in [3.63, 3.8) is 0 Å². The predicted octanol–water partition coefficient (Wildman–Crippen LogP) is 4.29. The van der Waals surface area contributed by atoms with Crippen molar-refractivity contribution in [2.45, 2.75) is 49.7 Å². The number of piperidine rings is 1. The third-order valence-electron chi connectivity index (χ3n) is 8.88. The standard InChI is InChI=1S/C29H29N7O/c37-29-10-13-36(23(29)9-11-30-16-29)28-25-20(17-4-3-5-17)14-31-15-22(25)34-26(35-28)19-8-12-32-27-24(19)18-6-1-2-7-21(18)33-27/h1-2,6-8,12,14-15,17,23,30,37H,3-5,9-11,13,16H2,(H,32,33)/t23-,29-/m0/s1. The van der Waals surface area contributed by atoms with Crippen LogP contribution in [-0.4, -0.2) is 61.3 Å². The summed E-state index contributed by atoms with van der Waals surface area (Å²) in [5.74, 6) is 2.12. The molecule has 2 saturated heterocycles. The summed E-state index contributed by atoms with van der Waals surface area (Å²) < 4.78 is 0. The van der Waals surface area contributed by atoms with Gasteiger partial charge >= 0.3 is 0 Å². The number of aromatic amines is 1. The first-order valence-electron chi connectivity index (χ1n) is 13.4. The molecule has 0 radical (unpaired) electrons. The molecule has 6 heterocycles. The van der Waals surface area contributed by atoms with Gasteiger partial charge in [-0.25, -0.2) is 15.0 Å². The Labute approximate surface area is 214 Å². The lowest BCUT2D eigenvalue weighted by Gasteiger charge is -2.39. The molecular weight excluding hydrogens is 462 g/mol. The highest BCUT2D eigenvalue weighted by Gasteiger charge is 2.48. The largest absolute Gasteiger partial charge is 0.386 e. The maximum atomic E-state index is 11.5. The van der Waals surface area contributed by atoms with Gasteiger partial charge in [-0.1, -0.05) is 24.6 Å². The van der Waals surface area contributed by atoms with Gasteiger partial charge in [0.1, 0.15) is 11.5 Å². The van der Waals surface area contributed by atoms with Gasteiger partial charge in [0.25, 0.3) is 0 Å². The number of para-hydroxylation sites is 1. The SMILES string of the molecule is O[C@]12CCN(c3nc(-c4ccnc5[nH]c6ccccc6c45)nc4cncc(C5CCC5)c34)[C@H]1CCNC2. The summed E-state index contributed by atoms with van der Waals surface area (Å²) in [6, 6.07) is 10.3. The van der Waals surface area contributed by atoms with Crippen LogP contribution in [0.5, 0.6) is 0 Å². The number of hydrogen-bond acceptors (Lipinski definition) is 7. The average molecular weight is 492 g/mol. The quantitative estimate of drug-likeness (QED) is 0.346. The maximum absolute atomic E-state index is 11.5. The second kappa shape index (κ2) is 7.94. The zero-order chi connectivity index (χ0) is 24.6. The van der Waals surface area contributed by atoms with Crippen LogP contribution in [0.15, 0.2) is 48.9 Å². The maximum Gasteiger partial charge on any atom is 0.163 e. The minimum absolute atomic E-state index is 0.0349. The number of anilines is 1. The lowest BCUT2D eigenvalue weighted by molar-refractivity contribution is 0.0159. The van der Waals surface area contributed by atoms with E-state index in [4.69, 9.17) is 9.97 Å². The van der Waals surface area contributed by atoms with E-state index in [1.54, 1.807) is 0 Å². The van der Waals surface area contributed by atoms with Crippen molar-refractivity contribution < 1.29 is 5.11 Å². The normalized spacial score (nSPS) is 24.1. The van der Waals surface area contributed by atoms with Gasteiger partial charge in [-0.3, -0.25) is 4.98 Å². The molecule has 1 saturated carbocycles. The number of nitrogens with one attached hydrogen (secondary N) is 2. The molecule has 3 fully saturated rings. The van der Waals surface area contributed by atoms with Crippen molar-refractivity contribution in [2.75, 3.05) is 24.5 Å². The Kier molecular flexibility index (Phi) is 4.60. The Morgan fingerprint density at radius 3 is 2.84 bits per heavy atom. The van der Waals surface area contributed by atoms with Crippen LogP contribution < -0.4 is 10.2 Å². The molecule has 4 aromatic heterocycles. The fourth-order valence-corrected chi connectivity index (χ4v) is 6.75. The highest BCUT2D eigenvalue weighted by atomic mass is 16.3. The van der Waals surface area contributed by atoms with E-state index in [1.807, 2.05) is 30.7 Å². The molecule has 0 bridgehead atoms. The first kappa shape index (κ1) is 21.5. The van der Waals surface area contributed by atoms with Gasteiger partial charge in [0, 0.05) is 52.7 Å². The number of nitrogens with zero attached hydrogens (tertiary/aromatic N) is 5. The van der Waals surface area contributed by atoms with Gasteiger partial charge in [0.2, 0.25) is 0 Å². The number of rotatable bonds is 3. The Morgan fingerprint density at radius 1 is 1.03 bits per heavy atom. The second-order valence-electron chi connectivity index (χ2n) is 10.9. The van der Waals surface area contributed by atoms with E-state index < -0.39 is 5.60 Å². The summed E-state index contributed by atoms with van der Waals surface area (Å²) in [5, 5.41) is 18.1. The molecule has 5 aromatic rings. The number of β-amino-alcohol motifs (C(OH)–C–C–N with tert-alkyl or cyclic N) is 1. The van der Waals surface area contributed by atoms with Gasteiger partial charge in [-0.15, -0.1) is 0 Å². The summed E-state index contributed by atoms with van der Waals surface area (Å²) in [5.41, 5.74) is 4.23. The van der Waals surface area contributed by atoms with Crippen LogP contribution in [0.1, 0.15) is 43.6 Å². The molecule has 2 atom stereocenters. The van der Waals surface area contributed by atoms with E-state index in [9.17, 15) is 5.11 Å². The smallest absolute Gasteiger partial charge is 0.163 e. The third-order valence-corrected chi connectivity index (χ3v) is 8.88. The highest BCUT2D eigenvalue weighted by molar-refractivity contribution is 6.12. The van der Waals surface area contributed by atoms with Crippen LogP contribution in [0.4, 0.5) is 5.82 Å². The lowest BCUT2D eigenvalue weighted by Crippen LogP contribution is -2.56. The monoisotopic (exact) mass is 491 g/mol. The number of pyridine rings is 2. The fourth-order valence-electron chi connectivity index (χ4n) is 6.75. The van der Waals surface area contributed by atoms with Crippen LogP contribution in [0, 0.1) is 0 Å². The van der Waals surface area contributed by atoms with Crippen LogP contribution in [0.25, 0.3) is 44.2 Å². The van der Waals surface area contributed by atoms with Gasteiger partial charge in [-0.05, 0) is 55.8 Å². The van der Waals surface area contributed by atoms with Gasteiger partial charge in [0.05, 0.1) is 23.4 Å². The summed E-state index contributed by atoms with van der Waals surface area (Å²) in [7, 11) is 0. The molecule has 0 spiro atoms. The van der Waals surface area contributed by atoms with E-state index in [0.29, 0.717) is 18.3 Å². The van der Waals surface area contributed by atoms with Crippen LogP contribution in [-0.2, 0) is 0 Å². The lowest BCUT2D eigenvalue weighted by atomic mass is 9.79. The molecule has 1 aliphatic carbocycles. The topological polar surface area (TPSA) is 103 Å². The number of hydrogen-bond donors (Lipinski definition) is 3. The molecule has 3 N–H and O–H groups in total. The van der Waals surface area contributed by atoms with Crippen LogP contribution >= 0.6 is 0 Å². The zero-order valence-electron chi connectivity index (χ0n) is 20.6. The summed E-state index contributed by atoms with van der Waals surface area (Å²) >= 11 is 0. The van der Waals surface area contributed by atoms with Crippen LogP contribution in [0.3, 0.4) is 0 Å². The fraction of sp³-hybridized carbons (Fsp3) is 0.379. The number of fused-ring (bicyclic) bond motifs is 5. The Bertz CT molecular complexity index is 1680. The average Bonchev–Trinajstić information content (AvgIpc) is 3.45. The minimum Gasteiger partial charge on any atom is -0.386 e. The predicted molar refractivity (Wildman–Crippen MR) is 145 cm³/mol. The van der Waals surface area contributed by atoms with E-state index in [2.05, 4.69) is 43.4 Å². The molecule has 2 aliphatic heterocycles. The summed E-state index contributed by atoms with van der Waals surface area (Å²) in [6.45, 7) is 2.30. The summed E-state index contributed by atoms with van der Waals surface area (Å²) in [6.07, 6.45) is 11.0. The number of aliphatic hydroxyl groups is 1. The highest BCUT2D eigenvalue weighted by Crippen LogP contribution is 2.45. The molecular formula is C29H29N7O. The molecule has 1 aromatic carbocycles. The molecule has 8 heteroatoms. The molecule has 0 unspecified atom stereocenters.